The molecular weight excluding hydrogens is 278 g/mol. The van der Waals surface area contributed by atoms with Crippen molar-refractivity contribution in [3.05, 3.63) is 0 Å². The van der Waals surface area contributed by atoms with E-state index in [0.29, 0.717) is 6.54 Å². The molecule has 2 atom stereocenters. The van der Waals surface area contributed by atoms with Crippen LogP contribution < -0.4 is 10.6 Å². The lowest BCUT2D eigenvalue weighted by Crippen LogP contribution is -2.60. The van der Waals surface area contributed by atoms with Gasteiger partial charge in [0.15, 0.2) is 0 Å². The van der Waals surface area contributed by atoms with Gasteiger partial charge in [-0.2, -0.15) is 0 Å². The number of urea groups is 1. The molecule has 0 aromatic carbocycles. The first kappa shape index (κ1) is 16.8. The summed E-state index contributed by atoms with van der Waals surface area (Å²) in [7, 11) is 0. The number of carboxylic acids is 1. The van der Waals surface area contributed by atoms with Crippen molar-refractivity contribution >= 4 is 17.9 Å². The maximum atomic E-state index is 12.2. The third kappa shape index (κ3) is 4.65. The average molecular weight is 297 g/mol. The lowest BCUT2D eigenvalue weighted by Gasteiger charge is -2.35. The van der Waals surface area contributed by atoms with Crippen LogP contribution in [0.4, 0.5) is 4.79 Å². The summed E-state index contributed by atoms with van der Waals surface area (Å²) < 4.78 is 5.20. The molecule has 2 unspecified atom stereocenters. The molecular formula is C13H19N3O5. The van der Waals surface area contributed by atoms with Gasteiger partial charge in [0.05, 0.1) is 13.2 Å². The molecule has 1 aliphatic rings. The van der Waals surface area contributed by atoms with Gasteiger partial charge in [0.25, 0.3) is 0 Å². The largest absolute Gasteiger partial charge is 0.480 e. The van der Waals surface area contributed by atoms with Crippen molar-refractivity contribution in [1.29, 1.82) is 0 Å². The summed E-state index contributed by atoms with van der Waals surface area (Å²) in [6, 6.07) is -2.60. The number of nitrogens with one attached hydrogen (secondary N) is 2. The zero-order valence-electron chi connectivity index (χ0n) is 11.8. The van der Waals surface area contributed by atoms with Gasteiger partial charge in [-0.15, -0.1) is 12.3 Å². The van der Waals surface area contributed by atoms with Gasteiger partial charge in [0, 0.05) is 19.5 Å². The van der Waals surface area contributed by atoms with Crippen LogP contribution in [0.1, 0.15) is 13.3 Å². The molecule has 0 aliphatic carbocycles. The fraction of sp³-hybridized carbons (Fsp3) is 0.615. The normalized spacial score (nSPS) is 19.2. The molecule has 1 heterocycles. The van der Waals surface area contributed by atoms with E-state index in [1.165, 1.54) is 4.90 Å². The van der Waals surface area contributed by atoms with Crippen molar-refractivity contribution in [2.24, 2.45) is 0 Å². The number of rotatable bonds is 5. The summed E-state index contributed by atoms with van der Waals surface area (Å²) >= 11 is 0. The predicted molar refractivity (Wildman–Crippen MR) is 73.4 cm³/mol. The summed E-state index contributed by atoms with van der Waals surface area (Å²) in [4.78, 5) is 36.3. The van der Waals surface area contributed by atoms with Gasteiger partial charge in [-0.1, -0.05) is 0 Å². The molecule has 0 aromatic heterocycles. The molecule has 8 heteroatoms. The number of terminal acetylenes is 1. The first-order chi connectivity index (χ1) is 10.0. The Morgan fingerprint density at radius 3 is 2.81 bits per heavy atom. The van der Waals surface area contributed by atoms with Crippen LogP contribution in [0.3, 0.4) is 0 Å². The lowest BCUT2D eigenvalue weighted by molar-refractivity contribution is -0.139. The van der Waals surface area contributed by atoms with Crippen LogP contribution in [0.15, 0.2) is 0 Å². The minimum Gasteiger partial charge on any atom is -0.480 e. The number of hydrogen-bond donors (Lipinski definition) is 3. The Morgan fingerprint density at radius 1 is 1.52 bits per heavy atom. The minimum absolute atomic E-state index is 0.0755. The fourth-order valence-electron chi connectivity index (χ4n) is 1.91. The third-order valence-corrected chi connectivity index (χ3v) is 2.96. The van der Waals surface area contributed by atoms with Gasteiger partial charge in [0.2, 0.25) is 5.91 Å². The Morgan fingerprint density at radius 2 is 2.24 bits per heavy atom. The summed E-state index contributed by atoms with van der Waals surface area (Å²) in [6.45, 7) is 2.76. The number of morpholine rings is 1. The monoisotopic (exact) mass is 297 g/mol. The molecule has 0 aromatic rings. The molecule has 0 bridgehead atoms. The molecule has 21 heavy (non-hydrogen) atoms. The highest BCUT2D eigenvalue weighted by atomic mass is 16.5. The van der Waals surface area contributed by atoms with Crippen LogP contribution in [-0.2, 0) is 14.3 Å². The Labute approximate surface area is 122 Å². The van der Waals surface area contributed by atoms with E-state index in [4.69, 9.17) is 16.3 Å². The Balaban J connectivity index is 2.74. The van der Waals surface area contributed by atoms with Crippen LogP contribution in [0.2, 0.25) is 0 Å². The number of likely N-dealkylation sites (N-methyl/N-ethyl adjacent to an activating group) is 1. The number of carboxylic acid groups (broad SMARTS) is 1. The van der Waals surface area contributed by atoms with Gasteiger partial charge in [0.1, 0.15) is 12.1 Å². The summed E-state index contributed by atoms with van der Waals surface area (Å²) in [6.07, 6.45) is 4.95. The van der Waals surface area contributed by atoms with E-state index >= 15 is 0 Å². The number of ether oxygens (including phenoxy) is 1. The van der Waals surface area contributed by atoms with Gasteiger partial charge in [-0.25, -0.2) is 9.59 Å². The van der Waals surface area contributed by atoms with E-state index in [-0.39, 0.29) is 32.1 Å². The van der Waals surface area contributed by atoms with Crippen molar-refractivity contribution in [2.75, 3.05) is 26.3 Å². The second-order valence-electron chi connectivity index (χ2n) is 4.43. The standard InChI is InChI=1S/C13H19N3O5/c1-3-5-9(12(18)19)15-13(20)16-6-7-21-8-10(16)11(17)14-4-2/h1,9-10H,4-8H2,2H3,(H,14,17)(H,15,20)(H,18,19). The van der Waals surface area contributed by atoms with Crippen molar-refractivity contribution in [1.82, 2.24) is 15.5 Å². The highest BCUT2D eigenvalue weighted by molar-refractivity contribution is 5.89. The smallest absolute Gasteiger partial charge is 0.327 e. The summed E-state index contributed by atoms with van der Waals surface area (Å²) in [5.74, 6) is 0.638. The molecule has 0 spiro atoms. The molecule has 1 aliphatic heterocycles. The highest BCUT2D eigenvalue weighted by Crippen LogP contribution is 2.08. The Bertz CT molecular complexity index is 446. The fourth-order valence-corrected chi connectivity index (χ4v) is 1.91. The lowest BCUT2D eigenvalue weighted by atomic mass is 10.2. The van der Waals surface area contributed by atoms with E-state index < -0.39 is 24.1 Å². The number of carbonyl (C=O) groups excluding carboxylic acids is 2. The molecule has 1 saturated heterocycles. The zero-order chi connectivity index (χ0) is 15.8. The number of aliphatic carboxylic acids is 1. The second kappa shape index (κ2) is 8.11. The van der Waals surface area contributed by atoms with Crippen molar-refractivity contribution in [3.8, 4) is 12.3 Å². The van der Waals surface area contributed by atoms with E-state index in [1.54, 1.807) is 6.92 Å². The molecule has 0 radical (unpaired) electrons. The molecule has 8 nitrogen and oxygen atoms in total. The van der Waals surface area contributed by atoms with Crippen LogP contribution in [0.5, 0.6) is 0 Å². The first-order valence-electron chi connectivity index (χ1n) is 6.60. The van der Waals surface area contributed by atoms with Crippen LogP contribution in [0, 0.1) is 12.3 Å². The maximum Gasteiger partial charge on any atom is 0.327 e. The molecule has 3 N–H and O–H groups in total. The molecule has 116 valence electrons. The van der Waals surface area contributed by atoms with Crippen LogP contribution >= 0.6 is 0 Å². The van der Waals surface area contributed by atoms with E-state index in [2.05, 4.69) is 16.6 Å². The Kier molecular flexibility index (Phi) is 6.49. The van der Waals surface area contributed by atoms with Crippen LogP contribution in [-0.4, -0.2) is 66.3 Å². The van der Waals surface area contributed by atoms with Crippen molar-refractivity contribution in [3.63, 3.8) is 0 Å². The van der Waals surface area contributed by atoms with Gasteiger partial charge in [-0.3, -0.25) is 4.79 Å². The molecule has 1 fully saturated rings. The van der Waals surface area contributed by atoms with E-state index in [1.807, 2.05) is 0 Å². The first-order valence-corrected chi connectivity index (χ1v) is 6.60. The van der Waals surface area contributed by atoms with E-state index in [9.17, 15) is 14.4 Å². The number of hydrogen-bond acceptors (Lipinski definition) is 4. The van der Waals surface area contributed by atoms with Crippen molar-refractivity contribution in [2.45, 2.75) is 25.4 Å². The summed E-state index contributed by atoms with van der Waals surface area (Å²) in [5.41, 5.74) is 0. The van der Waals surface area contributed by atoms with Gasteiger partial charge in [-0.05, 0) is 6.92 Å². The van der Waals surface area contributed by atoms with Crippen molar-refractivity contribution < 1.29 is 24.2 Å². The quantitative estimate of drug-likeness (QED) is 0.565. The zero-order valence-corrected chi connectivity index (χ0v) is 11.8. The van der Waals surface area contributed by atoms with Gasteiger partial charge < -0.3 is 25.4 Å². The molecule has 1 rings (SSSR count). The number of carbonyl (C=O) groups is 3. The van der Waals surface area contributed by atoms with Crippen LogP contribution in [0.25, 0.3) is 0 Å². The van der Waals surface area contributed by atoms with E-state index in [0.717, 1.165) is 0 Å². The highest BCUT2D eigenvalue weighted by Gasteiger charge is 2.34. The minimum atomic E-state index is -1.22. The molecule has 0 saturated carbocycles. The summed E-state index contributed by atoms with van der Waals surface area (Å²) in [5, 5.41) is 13.9. The number of nitrogens with zero attached hydrogens (tertiary/aromatic N) is 1. The predicted octanol–water partition coefficient (Wildman–Crippen LogP) is -0.991. The Hall–Kier alpha value is -2.27. The van der Waals surface area contributed by atoms with Gasteiger partial charge >= 0.3 is 12.0 Å². The maximum absolute atomic E-state index is 12.2. The number of amides is 3. The SMILES string of the molecule is C#CCC(NC(=O)N1CCOCC1C(=O)NCC)C(=O)O. The molecule has 3 amide bonds. The third-order valence-electron chi connectivity index (χ3n) is 2.96. The topological polar surface area (TPSA) is 108 Å². The average Bonchev–Trinajstić information content (AvgIpc) is 2.46. The second-order valence-corrected chi connectivity index (χ2v) is 4.43.